The van der Waals surface area contributed by atoms with Crippen molar-refractivity contribution < 1.29 is 26.8 Å². The van der Waals surface area contributed by atoms with Crippen molar-refractivity contribution >= 4 is 5.84 Å². The first-order chi connectivity index (χ1) is 12.7. The topological polar surface area (TPSA) is 32.6 Å². The maximum Gasteiger partial charge on any atom is 0.240 e. The highest BCUT2D eigenvalue weighted by Crippen LogP contribution is 2.18. The zero-order valence-corrected chi connectivity index (χ0v) is 19.7. The molecule has 1 aliphatic heterocycles. The van der Waals surface area contributed by atoms with Gasteiger partial charge in [0.2, 0.25) is 5.84 Å². The molecule has 0 amide bonds. The lowest BCUT2D eigenvalue weighted by molar-refractivity contribution is -0.987. The van der Waals surface area contributed by atoms with Gasteiger partial charge < -0.3 is 17.0 Å². The fourth-order valence-electron chi connectivity index (χ4n) is 3.79. The molecular weight excluding hydrogens is 400 g/mol. The van der Waals surface area contributed by atoms with Gasteiger partial charge in [0.25, 0.3) is 0 Å². The van der Waals surface area contributed by atoms with E-state index in [-0.39, 0.29) is 21.6 Å². The molecule has 1 unspecified atom stereocenters. The van der Waals surface area contributed by atoms with Crippen LogP contribution in [0.4, 0.5) is 0 Å². The Kier molecular flexibility index (Phi) is 17.8. The van der Waals surface area contributed by atoms with Crippen LogP contribution in [0.3, 0.4) is 0 Å². The first-order valence-corrected chi connectivity index (χ1v) is 11.6. The number of rotatable bonds is 18. The van der Waals surface area contributed by atoms with Crippen molar-refractivity contribution in [3.05, 3.63) is 12.4 Å². The fourth-order valence-corrected chi connectivity index (χ4v) is 3.79. The van der Waals surface area contributed by atoms with E-state index in [0.29, 0.717) is 6.54 Å². The van der Waals surface area contributed by atoms with Gasteiger partial charge in [-0.15, -0.1) is 4.65 Å². The molecular formula is C23H45BrN2O. The summed E-state index contributed by atoms with van der Waals surface area (Å²) in [6, 6.07) is 0. The fraction of sp³-hybridized carbons (Fsp3) is 0.870. The van der Waals surface area contributed by atoms with Crippen molar-refractivity contribution in [2.45, 2.75) is 123 Å². The maximum atomic E-state index is 10.3. The molecule has 1 atom stereocenters. The maximum absolute atomic E-state index is 10.3. The lowest BCUT2D eigenvalue weighted by atomic mass is 10.0. The summed E-state index contributed by atoms with van der Waals surface area (Å²) < 4.78 is -0.0707. The molecule has 4 heteroatoms. The Morgan fingerprint density at radius 1 is 0.704 bits per heavy atom. The molecule has 27 heavy (non-hydrogen) atoms. The number of nitrogens with zero attached hydrogens (tertiary/aromatic N) is 2. The largest absolute Gasteiger partial charge is 1.00 e. The Hall–Kier alpha value is -0.190. The molecule has 0 aromatic heterocycles. The van der Waals surface area contributed by atoms with E-state index in [1.54, 1.807) is 12.4 Å². The lowest BCUT2D eigenvalue weighted by Crippen LogP contribution is -3.00. The average Bonchev–Trinajstić information content (AvgIpc) is 3.02. The van der Waals surface area contributed by atoms with Gasteiger partial charge in [-0.25, -0.2) is 10.2 Å². The molecule has 1 heterocycles. The van der Waals surface area contributed by atoms with E-state index in [2.05, 4.69) is 11.9 Å². The van der Waals surface area contributed by atoms with E-state index in [1.807, 2.05) is 6.92 Å². The Balaban J connectivity index is 0.00000676. The summed E-state index contributed by atoms with van der Waals surface area (Å²) in [5, 5.41) is 10.3. The van der Waals surface area contributed by atoms with Crippen LogP contribution >= 0.6 is 0 Å². The van der Waals surface area contributed by atoms with Gasteiger partial charge >= 0.3 is 0 Å². The molecule has 160 valence electrons. The van der Waals surface area contributed by atoms with Gasteiger partial charge in [-0.2, -0.15) is 0 Å². The molecule has 3 nitrogen and oxygen atoms in total. The van der Waals surface area contributed by atoms with Crippen LogP contribution in [0.1, 0.15) is 123 Å². The van der Waals surface area contributed by atoms with Gasteiger partial charge in [-0.05, 0) is 13.3 Å². The van der Waals surface area contributed by atoms with Crippen LogP contribution in [0.25, 0.3) is 0 Å². The highest BCUT2D eigenvalue weighted by atomic mass is 79.9. The number of aliphatic imine (C=N–C) groups is 1. The Morgan fingerprint density at radius 3 is 1.52 bits per heavy atom. The van der Waals surface area contributed by atoms with Gasteiger partial charge in [0.05, 0.1) is 6.20 Å². The predicted octanol–water partition coefficient (Wildman–Crippen LogP) is 4.75. The SMILES string of the molecule is CCCCCCCCCCCCCCCCCCC1=NC=C[N+]1(O)CC.[Br-]. The molecule has 0 aromatic carbocycles. The smallest absolute Gasteiger partial charge is 0.240 e. The first kappa shape index (κ1) is 26.8. The van der Waals surface area contributed by atoms with Crippen molar-refractivity contribution in [2.75, 3.05) is 6.54 Å². The molecule has 0 aromatic rings. The van der Waals surface area contributed by atoms with Crippen LogP contribution in [0, 0.1) is 0 Å². The van der Waals surface area contributed by atoms with Crippen LogP contribution in [-0.4, -0.2) is 22.2 Å². The van der Waals surface area contributed by atoms with Crippen LogP contribution < -0.4 is 17.0 Å². The number of halogens is 1. The monoisotopic (exact) mass is 444 g/mol. The average molecular weight is 446 g/mol. The lowest BCUT2D eigenvalue weighted by Gasteiger charge is -2.21. The van der Waals surface area contributed by atoms with E-state index in [4.69, 9.17) is 0 Å². The van der Waals surface area contributed by atoms with Crippen LogP contribution in [-0.2, 0) is 0 Å². The van der Waals surface area contributed by atoms with Gasteiger partial charge in [0.1, 0.15) is 6.54 Å². The van der Waals surface area contributed by atoms with Crippen LogP contribution in [0.5, 0.6) is 0 Å². The molecule has 1 N–H and O–H groups in total. The zero-order valence-electron chi connectivity index (χ0n) is 18.1. The number of unbranched alkanes of at least 4 members (excludes halogenated alkanes) is 15. The van der Waals surface area contributed by atoms with Crippen LogP contribution in [0.15, 0.2) is 17.4 Å². The predicted molar refractivity (Wildman–Crippen MR) is 113 cm³/mol. The Morgan fingerprint density at radius 2 is 1.11 bits per heavy atom. The minimum atomic E-state index is -0.0707. The Labute approximate surface area is 179 Å². The molecule has 0 fully saturated rings. The first-order valence-electron chi connectivity index (χ1n) is 11.6. The summed E-state index contributed by atoms with van der Waals surface area (Å²) in [6.07, 6.45) is 26.7. The zero-order chi connectivity index (χ0) is 18.9. The highest BCUT2D eigenvalue weighted by molar-refractivity contribution is 5.77. The van der Waals surface area contributed by atoms with Crippen molar-refractivity contribution in [1.82, 2.24) is 0 Å². The summed E-state index contributed by atoms with van der Waals surface area (Å²) >= 11 is 0. The van der Waals surface area contributed by atoms with Gasteiger partial charge in [-0.1, -0.05) is 103 Å². The third-order valence-corrected chi connectivity index (χ3v) is 5.72. The summed E-state index contributed by atoms with van der Waals surface area (Å²) in [5.41, 5.74) is 0. The third kappa shape index (κ3) is 12.8. The third-order valence-electron chi connectivity index (χ3n) is 5.72. The van der Waals surface area contributed by atoms with Gasteiger partial charge in [0, 0.05) is 6.42 Å². The molecule has 1 aliphatic rings. The second-order valence-corrected chi connectivity index (χ2v) is 8.04. The van der Waals surface area contributed by atoms with Crippen molar-refractivity contribution in [2.24, 2.45) is 4.99 Å². The normalized spacial score (nSPS) is 18.6. The molecule has 0 aliphatic carbocycles. The number of quaternary nitrogens is 1. The Bertz CT molecular complexity index is 398. The van der Waals surface area contributed by atoms with Crippen LogP contribution in [0.2, 0.25) is 0 Å². The van der Waals surface area contributed by atoms with Crippen molar-refractivity contribution in [3.63, 3.8) is 0 Å². The van der Waals surface area contributed by atoms with E-state index in [9.17, 15) is 5.21 Å². The number of hydrogen-bond donors (Lipinski definition) is 1. The summed E-state index contributed by atoms with van der Waals surface area (Å²) in [4.78, 5) is 4.33. The highest BCUT2D eigenvalue weighted by Gasteiger charge is 2.31. The van der Waals surface area contributed by atoms with Gasteiger partial charge in [0.15, 0.2) is 6.20 Å². The van der Waals surface area contributed by atoms with E-state index >= 15 is 0 Å². The minimum Gasteiger partial charge on any atom is -1.00 e. The molecule has 0 saturated carbocycles. The number of amidine groups is 1. The van der Waals surface area contributed by atoms with Crippen molar-refractivity contribution in [1.29, 1.82) is 0 Å². The molecule has 0 saturated heterocycles. The van der Waals surface area contributed by atoms with E-state index in [0.717, 1.165) is 18.7 Å². The summed E-state index contributed by atoms with van der Waals surface area (Å²) in [5.74, 6) is 0.915. The van der Waals surface area contributed by atoms with Gasteiger partial charge in [-0.3, -0.25) is 0 Å². The van der Waals surface area contributed by atoms with Crippen molar-refractivity contribution in [3.8, 4) is 0 Å². The second kappa shape index (κ2) is 17.9. The molecule has 0 bridgehead atoms. The molecule has 0 radical (unpaired) electrons. The minimum absolute atomic E-state index is 0. The molecule has 0 spiro atoms. The summed E-state index contributed by atoms with van der Waals surface area (Å²) in [6.45, 7) is 4.96. The quantitative estimate of drug-likeness (QED) is 0.240. The summed E-state index contributed by atoms with van der Waals surface area (Å²) in [7, 11) is 0. The number of hydrogen-bond acceptors (Lipinski definition) is 2. The second-order valence-electron chi connectivity index (χ2n) is 8.04. The van der Waals surface area contributed by atoms with E-state index < -0.39 is 0 Å². The standard InChI is InChI=1S/C23H45N2O.BrH/c1-3-5-6-7-8-9-10-11-12-13-14-15-16-17-18-19-20-23-24-21-22-25(23,26)4-2;/h21-22,26H,3-20H2,1-2H3;1H/q+1;/p-1. The van der Waals surface area contributed by atoms with E-state index in [1.165, 1.54) is 96.3 Å². The number of hydroxylamine groups is 3. The molecule has 1 rings (SSSR count).